The van der Waals surface area contributed by atoms with Crippen LogP contribution in [0.4, 0.5) is 6.01 Å². The van der Waals surface area contributed by atoms with Crippen molar-refractivity contribution in [2.45, 2.75) is 43.0 Å². The summed E-state index contributed by atoms with van der Waals surface area (Å²) in [6.07, 6.45) is 11.2. The van der Waals surface area contributed by atoms with Gasteiger partial charge in [-0.3, -0.25) is 0 Å². The highest BCUT2D eigenvalue weighted by molar-refractivity contribution is 7.92. The van der Waals surface area contributed by atoms with Crippen molar-refractivity contribution in [1.29, 1.82) is 0 Å². The van der Waals surface area contributed by atoms with Gasteiger partial charge in [-0.25, -0.2) is 8.42 Å². The van der Waals surface area contributed by atoms with Crippen LogP contribution in [-0.2, 0) is 14.6 Å². The van der Waals surface area contributed by atoms with Crippen LogP contribution in [0, 0.1) is 5.92 Å². The third-order valence-corrected chi connectivity index (χ3v) is 8.36. The van der Waals surface area contributed by atoms with Gasteiger partial charge in [0.2, 0.25) is 0 Å². The van der Waals surface area contributed by atoms with Crippen molar-refractivity contribution in [3.05, 3.63) is 59.9 Å². The zero-order chi connectivity index (χ0) is 22.2. The Morgan fingerprint density at radius 1 is 1.16 bits per heavy atom. The fraction of sp³-hybridized carbons (Fsp3) is 0.500. The van der Waals surface area contributed by atoms with Crippen LogP contribution in [-0.4, -0.2) is 49.4 Å². The minimum atomic E-state index is -3.44. The Kier molecular flexibility index (Phi) is 5.67. The Morgan fingerprint density at radius 3 is 2.53 bits per heavy atom. The minimum Gasteiger partial charge on any atom is -0.355 e. The quantitative estimate of drug-likeness (QED) is 0.624. The van der Waals surface area contributed by atoms with Gasteiger partial charge in [0.1, 0.15) is 0 Å². The monoisotopic (exact) mass is 455 g/mol. The topological polar surface area (TPSA) is 85.5 Å². The lowest BCUT2D eigenvalue weighted by molar-refractivity contribution is 0.0235. The largest absolute Gasteiger partial charge is 0.355 e. The number of aromatic nitrogens is 2. The van der Waals surface area contributed by atoms with Crippen LogP contribution in [0.3, 0.4) is 0 Å². The van der Waals surface area contributed by atoms with Gasteiger partial charge in [-0.2, -0.15) is 4.98 Å². The molecule has 1 atom stereocenters. The van der Waals surface area contributed by atoms with E-state index in [0.717, 1.165) is 55.7 Å². The number of anilines is 1. The maximum absolute atomic E-state index is 12.7. The molecule has 1 aliphatic heterocycles. The van der Waals surface area contributed by atoms with Gasteiger partial charge in [-0.1, -0.05) is 47.6 Å². The van der Waals surface area contributed by atoms with Crippen LogP contribution >= 0.6 is 0 Å². The number of piperidine rings is 1. The van der Waals surface area contributed by atoms with Gasteiger partial charge in [0.05, 0.1) is 6.61 Å². The number of ether oxygens (including phenoxy) is 1. The number of benzene rings is 1. The first-order valence-corrected chi connectivity index (χ1v) is 13.2. The molecule has 1 aromatic carbocycles. The number of sulfone groups is 1. The van der Waals surface area contributed by atoms with Crippen molar-refractivity contribution in [3.8, 4) is 0 Å². The Bertz CT molecular complexity index is 1110. The van der Waals surface area contributed by atoms with Gasteiger partial charge < -0.3 is 14.2 Å². The van der Waals surface area contributed by atoms with E-state index in [1.807, 2.05) is 42.5 Å². The second kappa shape index (κ2) is 8.48. The SMILES string of the molecule is CS(=O)(=O)C1(OCC2CCN(c3nc(C4CC4)no3)CC2)C=CC(c2ccccc2)=CC1. The molecule has 32 heavy (non-hydrogen) atoms. The molecule has 0 radical (unpaired) electrons. The maximum atomic E-state index is 12.7. The Balaban J connectivity index is 1.19. The van der Waals surface area contributed by atoms with E-state index < -0.39 is 14.8 Å². The molecule has 1 saturated heterocycles. The van der Waals surface area contributed by atoms with E-state index in [4.69, 9.17) is 9.26 Å². The summed E-state index contributed by atoms with van der Waals surface area (Å²) >= 11 is 0. The standard InChI is InChI=1S/C24H29N3O4S/c1-32(28,29)24(13-9-20(10-14-24)19-5-3-2-4-6-19)30-17-18-11-15-27(16-12-18)23-25-22(26-31-23)21-7-8-21/h2-6,9-10,13,18,21H,7-8,11-12,14-17H2,1H3. The number of hydrogen-bond acceptors (Lipinski definition) is 7. The third kappa shape index (κ3) is 4.38. The predicted molar refractivity (Wildman–Crippen MR) is 123 cm³/mol. The van der Waals surface area contributed by atoms with Crippen molar-refractivity contribution in [1.82, 2.24) is 10.1 Å². The summed E-state index contributed by atoms with van der Waals surface area (Å²) in [6, 6.07) is 10.6. The normalized spacial score (nSPS) is 24.5. The minimum absolute atomic E-state index is 0.295. The molecule has 5 rings (SSSR count). The van der Waals surface area contributed by atoms with Crippen LogP contribution < -0.4 is 4.90 Å². The van der Waals surface area contributed by atoms with E-state index in [0.29, 0.717) is 30.9 Å². The highest BCUT2D eigenvalue weighted by Crippen LogP contribution is 2.39. The first-order chi connectivity index (χ1) is 15.4. The molecular weight excluding hydrogens is 426 g/mol. The maximum Gasteiger partial charge on any atom is 0.324 e. The fourth-order valence-corrected chi connectivity index (χ4v) is 5.33. The highest BCUT2D eigenvalue weighted by Gasteiger charge is 2.41. The molecule has 0 spiro atoms. The van der Waals surface area contributed by atoms with E-state index in [1.54, 1.807) is 6.08 Å². The van der Waals surface area contributed by atoms with E-state index in [9.17, 15) is 8.42 Å². The number of nitrogens with zero attached hydrogens (tertiary/aromatic N) is 3. The molecule has 0 N–H and O–H groups in total. The van der Waals surface area contributed by atoms with Gasteiger partial charge in [0.25, 0.3) is 0 Å². The first kappa shape index (κ1) is 21.4. The van der Waals surface area contributed by atoms with E-state index in [2.05, 4.69) is 15.0 Å². The van der Waals surface area contributed by atoms with E-state index in [-0.39, 0.29) is 0 Å². The van der Waals surface area contributed by atoms with Gasteiger partial charge in [0, 0.05) is 31.7 Å². The Labute approximate surface area is 189 Å². The molecule has 0 amide bonds. The van der Waals surface area contributed by atoms with Crippen molar-refractivity contribution in [2.24, 2.45) is 5.92 Å². The Morgan fingerprint density at radius 2 is 1.91 bits per heavy atom. The molecule has 2 aliphatic carbocycles. The number of hydrogen-bond donors (Lipinski definition) is 0. The number of rotatable bonds is 7. The summed E-state index contributed by atoms with van der Waals surface area (Å²) in [5.41, 5.74) is 2.09. The van der Waals surface area contributed by atoms with Gasteiger partial charge in [-0.15, -0.1) is 0 Å². The van der Waals surface area contributed by atoms with E-state index in [1.165, 1.54) is 6.26 Å². The summed E-state index contributed by atoms with van der Waals surface area (Å²) < 4.78 is 37.0. The zero-order valence-corrected chi connectivity index (χ0v) is 19.1. The molecule has 2 aromatic rings. The van der Waals surface area contributed by atoms with Gasteiger partial charge in [-0.05, 0) is 48.8 Å². The summed E-state index contributed by atoms with van der Waals surface area (Å²) in [5.74, 6) is 1.60. The molecule has 8 heteroatoms. The first-order valence-electron chi connectivity index (χ1n) is 11.3. The fourth-order valence-electron chi connectivity index (χ4n) is 4.35. The predicted octanol–water partition coefficient (Wildman–Crippen LogP) is 3.96. The molecular formula is C24H29N3O4S. The van der Waals surface area contributed by atoms with Crippen molar-refractivity contribution in [3.63, 3.8) is 0 Å². The highest BCUT2D eigenvalue weighted by atomic mass is 32.2. The van der Waals surface area contributed by atoms with Gasteiger partial charge >= 0.3 is 6.01 Å². The molecule has 2 fully saturated rings. The van der Waals surface area contributed by atoms with E-state index >= 15 is 0 Å². The number of allylic oxidation sites excluding steroid dienone is 2. The van der Waals surface area contributed by atoms with Crippen molar-refractivity contribution in [2.75, 3.05) is 30.9 Å². The molecule has 170 valence electrons. The third-order valence-electron chi connectivity index (χ3n) is 6.68. The second-order valence-corrected chi connectivity index (χ2v) is 11.3. The van der Waals surface area contributed by atoms with Gasteiger partial charge in [0.15, 0.2) is 20.6 Å². The van der Waals surface area contributed by atoms with Crippen molar-refractivity contribution >= 4 is 21.4 Å². The van der Waals surface area contributed by atoms with Crippen molar-refractivity contribution < 1.29 is 17.7 Å². The van der Waals surface area contributed by atoms with Crippen LogP contribution in [0.1, 0.15) is 49.4 Å². The molecule has 7 nitrogen and oxygen atoms in total. The molecule has 1 unspecified atom stereocenters. The zero-order valence-electron chi connectivity index (χ0n) is 18.3. The second-order valence-electron chi connectivity index (χ2n) is 9.10. The summed E-state index contributed by atoms with van der Waals surface area (Å²) in [6.45, 7) is 2.02. The lowest BCUT2D eigenvalue weighted by atomic mass is 9.96. The molecule has 2 heterocycles. The summed E-state index contributed by atoms with van der Waals surface area (Å²) in [7, 11) is -3.44. The molecule has 0 bridgehead atoms. The van der Waals surface area contributed by atoms with Crippen LogP contribution in [0.2, 0.25) is 0 Å². The summed E-state index contributed by atoms with van der Waals surface area (Å²) in [4.78, 5) is 5.36. The summed E-state index contributed by atoms with van der Waals surface area (Å²) in [5, 5.41) is 4.10. The average molecular weight is 456 g/mol. The lowest BCUT2D eigenvalue weighted by Crippen LogP contribution is -2.42. The average Bonchev–Trinajstić information content (AvgIpc) is 3.55. The Hall–Kier alpha value is -2.45. The molecule has 1 saturated carbocycles. The lowest BCUT2D eigenvalue weighted by Gasteiger charge is -2.35. The molecule has 3 aliphatic rings. The van der Waals surface area contributed by atoms with Crippen LogP contribution in [0.25, 0.3) is 5.57 Å². The molecule has 1 aromatic heterocycles. The van der Waals surface area contributed by atoms with Crippen LogP contribution in [0.15, 0.2) is 53.1 Å². The smallest absolute Gasteiger partial charge is 0.324 e. The van der Waals surface area contributed by atoms with Crippen LogP contribution in [0.5, 0.6) is 0 Å².